The summed E-state index contributed by atoms with van der Waals surface area (Å²) in [6, 6.07) is 11.9. The number of amides is 1. The van der Waals surface area contributed by atoms with Gasteiger partial charge in [0.1, 0.15) is 17.5 Å². The Hall–Kier alpha value is -1.96. The van der Waals surface area contributed by atoms with Crippen LogP contribution >= 0.6 is 35.3 Å². The third kappa shape index (κ3) is 10.4. The smallest absolute Gasteiger partial charge is 0.262 e. The summed E-state index contributed by atoms with van der Waals surface area (Å²) in [7, 11) is 5.75. The highest BCUT2D eigenvalue weighted by Crippen LogP contribution is 2.33. The van der Waals surface area contributed by atoms with Crippen molar-refractivity contribution in [3.05, 3.63) is 52.8 Å². The Morgan fingerprint density at radius 1 is 1.19 bits per heavy atom. The van der Waals surface area contributed by atoms with Gasteiger partial charge in [-0.05, 0) is 100 Å². The monoisotopic (exact) mass is 566 g/mol. The van der Waals surface area contributed by atoms with Crippen molar-refractivity contribution in [1.82, 2.24) is 9.62 Å². The molecule has 1 amide bonds. The number of thioether (sulfide) groups is 1. The normalized spacial score (nSPS) is 14.4. The number of nitriles is 1. The Morgan fingerprint density at radius 3 is 2.46 bits per heavy atom. The van der Waals surface area contributed by atoms with Crippen LogP contribution in [0, 0.1) is 17.1 Å². The molecular formula is C27H36ClFN4O2S2. The van der Waals surface area contributed by atoms with Gasteiger partial charge < -0.3 is 15.4 Å². The molecule has 0 unspecified atom stereocenters. The molecule has 0 heterocycles. The average Bonchev–Trinajstić information content (AvgIpc) is 2.90. The van der Waals surface area contributed by atoms with E-state index in [9.17, 15) is 9.18 Å². The third-order valence-electron chi connectivity index (χ3n) is 6.03. The summed E-state index contributed by atoms with van der Waals surface area (Å²) >= 11 is 8.90. The van der Waals surface area contributed by atoms with Crippen molar-refractivity contribution < 1.29 is 13.9 Å². The first-order valence-electron chi connectivity index (χ1n) is 12.3. The molecule has 3 rings (SSSR count). The molecule has 0 bridgehead atoms. The van der Waals surface area contributed by atoms with Gasteiger partial charge in [0.15, 0.2) is 0 Å². The van der Waals surface area contributed by atoms with Gasteiger partial charge in [-0.1, -0.05) is 30.9 Å². The van der Waals surface area contributed by atoms with E-state index in [0.29, 0.717) is 15.5 Å². The van der Waals surface area contributed by atoms with E-state index in [0.717, 1.165) is 61.2 Å². The zero-order chi connectivity index (χ0) is 27.3. The average molecular weight is 567 g/mol. The summed E-state index contributed by atoms with van der Waals surface area (Å²) < 4.78 is 20.9. The zero-order valence-corrected chi connectivity index (χ0v) is 24.1. The summed E-state index contributed by atoms with van der Waals surface area (Å²) in [6.45, 7) is 1.14. The van der Waals surface area contributed by atoms with Gasteiger partial charge in [-0.3, -0.25) is 9.52 Å². The minimum Gasteiger partial charge on any atom is -0.396 e. The SMILES string of the molecule is CN(C)CCCCSc1ccc(F)cc1.COC1(C(=O)NSc2cc(Cl)c(N)c(C#N)c2)CCCCC1. The molecule has 2 aromatic carbocycles. The number of carbonyl (C=O) groups excluding carboxylic acids is 1. The summed E-state index contributed by atoms with van der Waals surface area (Å²) in [6.07, 6.45) is 6.98. The molecule has 0 saturated heterocycles. The number of nitrogens with one attached hydrogen (secondary N) is 1. The predicted octanol–water partition coefficient (Wildman–Crippen LogP) is 6.53. The number of ether oxygens (including phenoxy) is 1. The van der Waals surface area contributed by atoms with Gasteiger partial charge in [-0.2, -0.15) is 5.26 Å². The first-order valence-corrected chi connectivity index (χ1v) is 14.4. The largest absolute Gasteiger partial charge is 0.396 e. The molecule has 10 heteroatoms. The maximum atomic E-state index is 12.6. The van der Waals surface area contributed by atoms with Crippen LogP contribution in [0.15, 0.2) is 46.2 Å². The molecule has 0 aromatic heterocycles. The van der Waals surface area contributed by atoms with E-state index in [2.05, 4.69) is 23.7 Å². The fraction of sp³-hybridized carbons (Fsp3) is 0.481. The number of unbranched alkanes of at least 4 members (excludes halogenated alkanes) is 1. The maximum Gasteiger partial charge on any atom is 0.262 e. The lowest BCUT2D eigenvalue weighted by Gasteiger charge is -2.34. The molecule has 2 aromatic rings. The van der Waals surface area contributed by atoms with Crippen molar-refractivity contribution in [3.8, 4) is 6.07 Å². The fourth-order valence-corrected chi connectivity index (χ4v) is 5.79. The van der Waals surface area contributed by atoms with E-state index < -0.39 is 5.60 Å². The van der Waals surface area contributed by atoms with Crippen LogP contribution in [-0.2, 0) is 9.53 Å². The lowest BCUT2D eigenvalue weighted by molar-refractivity contribution is -0.145. The molecule has 0 spiro atoms. The molecule has 1 aliphatic rings. The third-order valence-corrected chi connectivity index (χ3v) is 8.20. The molecule has 1 saturated carbocycles. The summed E-state index contributed by atoms with van der Waals surface area (Å²) in [5, 5.41) is 9.32. The molecular weight excluding hydrogens is 531 g/mol. The number of hydrogen-bond acceptors (Lipinski definition) is 7. The van der Waals surface area contributed by atoms with E-state index in [1.54, 1.807) is 31.0 Å². The van der Waals surface area contributed by atoms with Crippen molar-refractivity contribution in [1.29, 1.82) is 5.26 Å². The minimum atomic E-state index is -0.749. The number of nitrogens with two attached hydrogens (primary N) is 1. The second-order valence-corrected chi connectivity index (χ2v) is 11.5. The number of benzene rings is 2. The predicted molar refractivity (Wildman–Crippen MR) is 152 cm³/mol. The van der Waals surface area contributed by atoms with Crippen LogP contribution in [0.2, 0.25) is 5.02 Å². The van der Waals surface area contributed by atoms with Crippen LogP contribution in [0.4, 0.5) is 10.1 Å². The van der Waals surface area contributed by atoms with Crippen molar-refractivity contribution in [2.75, 3.05) is 39.2 Å². The van der Waals surface area contributed by atoms with Crippen molar-refractivity contribution in [2.45, 2.75) is 60.3 Å². The van der Waals surface area contributed by atoms with E-state index in [1.807, 2.05) is 18.2 Å². The number of anilines is 1. The number of hydrogen-bond donors (Lipinski definition) is 2. The highest BCUT2D eigenvalue weighted by molar-refractivity contribution is 7.99. The molecule has 6 nitrogen and oxygen atoms in total. The fourth-order valence-electron chi connectivity index (χ4n) is 3.84. The molecule has 3 N–H and O–H groups in total. The van der Waals surface area contributed by atoms with Crippen molar-refractivity contribution >= 4 is 46.9 Å². The summed E-state index contributed by atoms with van der Waals surface area (Å²) in [4.78, 5) is 16.5. The highest BCUT2D eigenvalue weighted by atomic mass is 35.5. The van der Waals surface area contributed by atoms with Gasteiger partial charge in [0, 0.05) is 16.9 Å². The van der Waals surface area contributed by atoms with Crippen LogP contribution in [0.25, 0.3) is 0 Å². The van der Waals surface area contributed by atoms with Crippen LogP contribution in [0.5, 0.6) is 0 Å². The Kier molecular flexibility index (Phi) is 13.6. The number of carbonyl (C=O) groups is 1. The van der Waals surface area contributed by atoms with Gasteiger partial charge in [-0.15, -0.1) is 11.8 Å². The van der Waals surface area contributed by atoms with Crippen LogP contribution in [0.3, 0.4) is 0 Å². The molecule has 1 fully saturated rings. The Balaban J connectivity index is 0.000000281. The van der Waals surface area contributed by atoms with Crippen molar-refractivity contribution in [3.63, 3.8) is 0 Å². The van der Waals surface area contributed by atoms with Crippen LogP contribution in [-0.4, -0.2) is 49.9 Å². The first-order chi connectivity index (χ1) is 17.7. The highest BCUT2D eigenvalue weighted by Gasteiger charge is 2.39. The Labute approximate surface area is 233 Å². The lowest BCUT2D eigenvalue weighted by atomic mass is 9.84. The summed E-state index contributed by atoms with van der Waals surface area (Å²) in [5.74, 6) is 0.803. The quantitative estimate of drug-likeness (QED) is 0.146. The van der Waals surface area contributed by atoms with E-state index in [4.69, 9.17) is 27.3 Å². The van der Waals surface area contributed by atoms with Gasteiger partial charge in [0.2, 0.25) is 0 Å². The lowest BCUT2D eigenvalue weighted by Crippen LogP contribution is -2.47. The second kappa shape index (κ2) is 16.1. The summed E-state index contributed by atoms with van der Waals surface area (Å²) in [5.41, 5.74) is 5.50. The van der Waals surface area contributed by atoms with Crippen molar-refractivity contribution in [2.24, 2.45) is 0 Å². The van der Waals surface area contributed by atoms with E-state index >= 15 is 0 Å². The number of nitrogen functional groups attached to an aromatic ring is 1. The molecule has 0 atom stereocenters. The maximum absolute atomic E-state index is 12.6. The Bertz CT molecular complexity index is 1040. The number of halogens is 2. The topological polar surface area (TPSA) is 91.4 Å². The molecule has 1 aliphatic carbocycles. The minimum absolute atomic E-state index is 0.147. The zero-order valence-electron chi connectivity index (χ0n) is 21.7. The van der Waals surface area contributed by atoms with Gasteiger partial charge >= 0.3 is 0 Å². The Morgan fingerprint density at radius 2 is 1.86 bits per heavy atom. The molecule has 202 valence electrons. The van der Waals surface area contributed by atoms with Gasteiger partial charge in [0.25, 0.3) is 5.91 Å². The second-order valence-electron chi connectivity index (χ2n) is 9.08. The molecule has 37 heavy (non-hydrogen) atoms. The first kappa shape index (κ1) is 31.3. The van der Waals surface area contributed by atoms with Crippen LogP contribution in [0.1, 0.15) is 50.5 Å². The van der Waals surface area contributed by atoms with Gasteiger partial charge in [0.05, 0.1) is 16.3 Å². The standard InChI is InChI=1S/C15H18ClN3O2S.C12H18FNS/c1-21-15(5-3-2-4-6-15)14(20)19-22-11-7-10(9-17)13(18)12(16)8-11;1-14(2)9-3-4-10-15-12-7-5-11(13)6-8-12/h7-8H,2-6,18H2,1H3,(H,19,20);5-8H,3-4,9-10H2,1-2H3. The van der Waals surface area contributed by atoms with E-state index in [1.165, 1.54) is 25.0 Å². The number of rotatable bonds is 10. The van der Waals surface area contributed by atoms with Gasteiger partial charge in [-0.25, -0.2) is 4.39 Å². The number of methoxy groups -OCH3 is 1. The molecule has 0 aliphatic heterocycles. The van der Waals surface area contributed by atoms with Crippen LogP contribution < -0.4 is 10.5 Å². The van der Waals surface area contributed by atoms with E-state index in [-0.39, 0.29) is 17.4 Å². The number of nitrogens with zero attached hydrogens (tertiary/aromatic N) is 2. The molecule has 0 radical (unpaired) electrons.